The fourth-order valence-electron chi connectivity index (χ4n) is 4.67. The number of aromatic nitrogens is 1. The van der Waals surface area contributed by atoms with Crippen LogP contribution < -0.4 is 9.47 Å². The second-order valence-electron chi connectivity index (χ2n) is 9.21. The predicted molar refractivity (Wildman–Crippen MR) is 154 cm³/mol. The molecule has 0 unspecified atom stereocenters. The number of nitrogens with zero attached hydrogens (tertiary/aromatic N) is 2. The summed E-state index contributed by atoms with van der Waals surface area (Å²) in [6.45, 7) is 2.81. The summed E-state index contributed by atoms with van der Waals surface area (Å²) in [4.78, 5) is 3.13. The van der Waals surface area contributed by atoms with Gasteiger partial charge in [-0.1, -0.05) is 53.4 Å². The number of rotatable bonds is 9. The van der Waals surface area contributed by atoms with E-state index in [0.29, 0.717) is 13.1 Å². The Morgan fingerprint density at radius 3 is 2.45 bits per heavy atom. The molecular weight excluding hydrogens is 565 g/mol. The van der Waals surface area contributed by atoms with E-state index in [-0.39, 0.29) is 24.3 Å². The summed E-state index contributed by atoms with van der Waals surface area (Å²) in [7, 11) is -8.16. The predicted octanol–water partition coefficient (Wildman–Crippen LogP) is 5.12. The van der Waals surface area contributed by atoms with Crippen molar-refractivity contribution in [2.24, 2.45) is 0 Å². The number of benzene rings is 3. The lowest BCUT2D eigenvalue weighted by Gasteiger charge is -2.20. The van der Waals surface area contributed by atoms with Gasteiger partial charge in [-0.25, -0.2) is 0 Å². The minimum Gasteiger partial charge on any atom is -0.335 e. The molecule has 2 heterocycles. The molecule has 0 spiro atoms. The number of thiazole rings is 1. The topological polar surface area (TPSA) is 116 Å². The quantitative estimate of drug-likeness (QED) is 0.204. The van der Waals surface area contributed by atoms with Crippen LogP contribution in [0.1, 0.15) is 23.4 Å². The Kier molecular flexibility index (Phi) is 7.55. The van der Waals surface area contributed by atoms with Crippen molar-refractivity contribution in [3.05, 3.63) is 70.2 Å². The molecule has 1 aromatic heterocycles. The fourth-order valence-corrected chi connectivity index (χ4v) is 7.98. The van der Waals surface area contributed by atoms with Crippen LogP contribution in [0.15, 0.2) is 64.5 Å². The van der Waals surface area contributed by atoms with Gasteiger partial charge < -0.3 is 4.90 Å². The smallest absolute Gasteiger partial charge is 0.265 e. The van der Waals surface area contributed by atoms with E-state index in [1.807, 2.05) is 43.3 Å². The fraction of sp³-hybridized carbons (Fsp3) is 0.269. The third-order valence-electron chi connectivity index (χ3n) is 6.31. The first-order chi connectivity index (χ1) is 18.0. The molecule has 8 nitrogen and oxygen atoms in total. The van der Waals surface area contributed by atoms with E-state index in [1.165, 1.54) is 0 Å². The van der Waals surface area contributed by atoms with Crippen molar-refractivity contribution in [3.63, 3.8) is 0 Å². The van der Waals surface area contributed by atoms with Crippen molar-refractivity contribution in [2.75, 3.05) is 23.0 Å². The minimum atomic E-state index is -4.09. The highest BCUT2D eigenvalue weighted by Crippen LogP contribution is 2.47. The van der Waals surface area contributed by atoms with Crippen molar-refractivity contribution in [1.29, 1.82) is 0 Å². The largest absolute Gasteiger partial charge is 0.335 e. The van der Waals surface area contributed by atoms with Crippen LogP contribution in [0.5, 0.6) is 0 Å². The Bertz CT molecular complexity index is 1780. The Labute approximate surface area is 230 Å². The first-order valence-electron chi connectivity index (χ1n) is 12.0. The molecule has 0 aliphatic carbocycles. The standard InChI is InChI=1S/C26H26N2O6S4/c1-18-8-10-22-21(16-18)27(12-4-14-37(29,30)31)24(35-22)17-25-28(13-5-15-38(32,33)34)26-20-7-3-2-6-19(20)9-11-23(26)36-25/h2-3,6-11,16-17H,4-5,12-15H2,1H3,(H-,29,30,31,32,33,34)/p+1. The number of anilines is 1. The average Bonchev–Trinajstić information content (AvgIpc) is 3.35. The molecule has 0 bridgehead atoms. The first kappa shape index (κ1) is 27.1. The molecule has 12 heteroatoms. The number of hydrogen-bond donors (Lipinski definition) is 2. The van der Waals surface area contributed by atoms with Gasteiger partial charge in [-0.3, -0.25) is 9.11 Å². The summed E-state index contributed by atoms with van der Waals surface area (Å²) in [6.07, 6.45) is 2.56. The maximum atomic E-state index is 11.4. The highest BCUT2D eigenvalue weighted by Gasteiger charge is 2.29. The Morgan fingerprint density at radius 2 is 1.68 bits per heavy atom. The highest BCUT2D eigenvalue weighted by molar-refractivity contribution is 8.04. The van der Waals surface area contributed by atoms with Crippen LogP contribution in [0.4, 0.5) is 5.69 Å². The van der Waals surface area contributed by atoms with E-state index < -0.39 is 20.2 Å². The number of hydrogen-bond acceptors (Lipinski definition) is 7. The van der Waals surface area contributed by atoms with Gasteiger partial charge in [0.2, 0.25) is 5.52 Å². The number of fused-ring (bicyclic) bond motifs is 4. The van der Waals surface area contributed by atoms with Crippen LogP contribution in [0.3, 0.4) is 0 Å². The maximum absolute atomic E-state index is 11.4. The van der Waals surface area contributed by atoms with E-state index in [9.17, 15) is 25.9 Å². The highest BCUT2D eigenvalue weighted by atomic mass is 32.2. The molecule has 200 valence electrons. The van der Waals surface area contributed by atoms with E-state index in [0.717, 1.165) is 47.2 Å². The van der Waals surface area contributed by atoms with E-state index in [4.69, 9.17) is 0 Å². The molecule has 3 aromatic carbocycles. The Balaban J connectivity index is 1.60. The van der Waals surface area contributed by atoms with Gasteiger partial charge in [0.15, 0.2) is 6.54 Å². The van der Waals surface area contributed by atoms with Gasteiger partial charge in [-0.2, -0.15) is 21.4 Å². The van der Waals surface area contributed by atoms with Gasteiger partial charge in [0.05, 0.1) is 33.7 Å². The summed E-state index contributed by atoms with van der Waals surface area (Å²) in [6, 6.07) is 18.3. The van der Waals surface area contributed by atoms with E-state index in [1.54, 1.807) is 23.1 Å². The van der Waals surface area contributed by atoms with Crippen molar-refractivity contribution >= 4 is 76.1 Å². The van der Waals surface area contributed by atoms with Gasteiger partial charge in [0.1, 0.15) is 4.70 Å². The first-order valence-corrected chi connectivity index (χ1v) is 16.9. The lowest BCUT2D eigenvalue weighted by molar-refractivity contribution is -0.667. The van der Waals surface area contributed by atoms with Gasteiger partial charge in [-0.05, 0) is 48.6 Å². The SMILES string of the molecule is Cc1ccc2c(c1)N(CCCS(=O)(=O)O)/C(=C/c1sc3ccc4ccccc4c3[n+]1CCCS(=O)(=O)O)S2. The summed E-state index contributed by atoms with van der Waals surface area (Å²) >= 11 is 3.18. The monoisotopic (exact) mass is 591 g/mol. The summed E-state index contributed by atoms with van der Waals surface area (Å²) in [5.74, 6) is -0.660. The molecule has 0 atom stereocenters. The number of aryl methyl sites for hydroxylation is 2. The third-order valence-corrected chi connectivity index (χ3v) is 10.1. The van der Waals surface area contributed by atoms with Gasteiger partial charge in [0.25, 0.3) is 25.2 Å². The molecule has 0 saturated heterocycles. The lowest BCUT2D eigenvalue weighted by atomic mass is 10.1. The molecule has 1 aliphatic rings. The van der Waals surface area contributed by atoms with Crippen molar-refractivity contribution < 1.29 is 30.5 Å². The molecule has 1 aliphatic heterocycles. The Hall–Kier alpha value is -2.48. The van der Waals surface area contributed by atoms with Crippen LogP contribution in [0, 0.1) is 6.92 Å². The number of thioether (sulfide) groups is 1. The van der Waals surface area contributed by atoms with Crippen LogP contribution >= 0.6 is 23.1 Å². The zero-order valence-electron chi connectivity index (χ0n) is 20.6. The molecule has 0 amide bonds. The van der Waals surface area contributed by atoms with Gasteiger partial charge >= 0.3 is 0 Å². The van der Waals surface area contributed by atoms with Crippen LogP contribution in [0.25, 0.3) is 27.1 Å². The molecule has 38 heavy (non-hydrogen) atoms. The molecule has 0 radical (unpaired) electrons. The zero-order valence-corrected chi connectivity index (χ0v) is 23.8. The van der Waals surface area contributed by atoms with Crippen LogP contribution in [0.2, 0.25) is 0 Å². The molecule has 2 N–H and O–H groups in total. The normalized spacial score (nSPS) is 15.1. The molecule has 5 rings (SSSR count). The molecule has 0 saturated carbocycles. The zero-order chi connectivity index (χ0) is 27.1. The van der Waals surface area contributed by atoms with Crippen molar-refractivity contribution in [1.82, 2.24) is 0 Å². The molecule has 0 fully saturated rings. The van der Waals surface area contributed by atoms with E-state index >= 15 is 0 Å². The third kappa shape index (κ3) is 6.05. The summed E-state index contributed by atoms with van der Waals surface area (Å²) in [5.41, 5.74) is 3.07. The molecular formula is C26H27N2O6S4+. The van der Waals surface area contributed by atoms with Crippen LogP contribution in [-0.4, -0.2) is 44.0 Å². The van der Waals surface area contributed by atoms with Crippen molar-refractivity contribution in [3.8, 4) is 0 Å². The second kappa shape index (κ2) is 10.6. The van der Waals surface area contributed by atoms with E-state index in [2.05, 4.69) is 33.7 Å². The minimum absolute atomic E-state index is 0.249. The Morgan fingerprint density at radius 1 is 0.947 bits per heavy atom. The van der Waals surface area contributed by atoms with Gasteiger partial charge in [-0.15, -0.1) is 0 Å². The van der Waals surface area contributed by atoms with Crippen LogP contribution in [-0.2, 0) is 26.8 Å². The maximum Gasteiger partial charge on any atom is 0.265 e. The van der Waals surface area contributed by atoms with Crippen molar-refractivity contribution in [2.45, 2.75) is 31.2 Å². The summed E-state index contributed by atoms with van der Waals surface area (Å²) in [5, 5.41) is 3.96. The second-order valence-corrected chi connectivity index (χ2v) is 14.5. The summed E-state index contributed by atoms with van der Waals surface area (Å²) < 4.78 is 67.3. The lowest BCUT2D eigenvalue weighted by Crippen LogP contribution is -2.36. The van der Waals surface area contributed by atoms with Gasteiger partial charge in [0, 0.05) is 17.9 Å². The molecule has 4 aromatic rings. The average molecular weight is 592 g/mol.